The third-order valence-electron chi connectivity index (χ3n) is 11.7. The number of ether oxygens (including phenoxy) is 4. The molecule has 0 spiro atoms. The Hall–Kier alpha value is -5.37. The SMILES string of the molecule is COC1/C=C/O[C@@]2(C)Oc3c(C)c(O)c4c(O)c(c5c(cc6cc(C)ccn65)c4c3C2=O)NC(=O)/C(C)=C\C=C[C@H](C)[C@H](O)[C@@H](C)[C@@H](O)[C@@H](C)C(OC(C)=O)[C@H]1C. The van der Waals surface area contributed by atoms with Crippen LogP contribution in [0.15, 0.2) is 60.5 Å². The first-order valence-corrected chi connectivity index (χ1v) is 19.1. The number of esters is 1. The molecule has 304 valence electrons. The first kappa shape index (κ1) is 41.3. The molecule has 5 N–H and O–H groups in total. The Bertz CT molecular complexity index is 2370. The fourth-order valence-corrected chi connectivity index (χ4v) is 8.24. The molecule has 4 heterocycles. The summed E-state index contributed by atoms with van der Waals surface area (Å²) in [6.45, 7) is 14.8. The number of carbonyl (C=O) groups is 3. The van der Waals surface area contributed by atoms with E-state index in [1.54, 1.807) is 76.4 Å². The maximum atomic E-state index is 14.6. The molecule has 4 bridgehead atoms. The van der Waals surface area contributed by atoms with Crippen molar-refractivity contribution in [1.29, 1.82) is 0 Å². The van der Waals surface area contributed by atoms with Crippen LogP contribution in [0.3, 0.4) is 0 Å². The molecule has 1 amide bonds. The molecule has 4 aromatic rings. The third kappa shape index (κ3) is 7.13. The number of ketones is 1. The minimum atomic E-state index is -1.93. The first-order valence-electron chi connectivity index (χ1n) is 19.1. The lowest BCUT2D eigenvalue weighted by molar-refractivity contribution is -0.160. The minimum absolute atomic E-state index is 0.0213. The van der Waals surface area contributed by atoms with E-state index in [1.165, 1.54) is 27.2 Å². The number of aromatic nitrogens is 1. The molecule has 13 nitrogen and oxygen atoms in total. The number of aryl methyl sites for hydroxylation is 1. The van der Waals surface area contributed by atoms with Gasteiger partial charge in [-0.2, -0.15) is 0 Å². The lowest BCUT2D eigenvalue weighted by atomic mass is 9.78. The molecule has 0 saturated heterocycles. The van der Waals surface area contributed by atoms with E-state index in [2.05, 4.69) is 5.32 Å². The van der Waals surface area contributed by atoms with Gasteiger partial charge in [0.1, 0.15) is 23.3 Å². The van der Waals surface area contributed by atoms with Crippen molar-refractivity contribution in [3.8, 4) is 17.2 Å². The van der Waals surface area contributed by atoms with Crippen LogP contribution < -0.4 is 10.1 Å². The summed E-state index contributed by atoms with van der Waals surface area (Å²) in [5, 5.41) is 50.1. The first-order chi connectivity index (χ1) is 26.8. The average molecular weight is 785 g/mol. The van der Waals surface area contributed by atoms with Crippen molar-refractivity contribution in [2.45, 2.75) is 92.5 Å². The molecular weight excluding hydrogens is 732 g/mol. The number of anilines is 1. The lowest BCUT2D eigenvalue weighted by Crippen LogP contribution is -2.46. The Labute approximate surface area is 331 Å². The van der Waals surface area contributed by atoms with Crippen LogP contribution in [0.4, 0.5) is 5.69 Å². The van der Waals surface area contributed by atoms with Crippen molar-refractivity contribution in [2.75, 3.05) is 12.4 Å². The number of hydrogen-bond acceptors (Lipinski definition) is 11. The molecule has 0 aliphatic carbocycles. The van der Waals surface area contributed by atoms with E-state index < -0.39 is 77.3 Å². The van der Waals surface area contributed by atoms with Gasteiger partial charge >= 0.3 is 11.8 Å². The Morgan fingerprint density at radius 1 is 0.947 bits per heavy atom. The summed E-state index contributed by atoms with van der Waals surface area (Å²) < 4.78 is 25.7. The zero-order chi connectivity index (χ0) is 41.8. The molecule has 0 saturated carbocycles. The summed E-state index contributed by atoms with van der Waals surface area (Å²) in [6.07, 6.45) is 5.78. The highest BCUT2D eigenvalue weighted by molar-refractivity contribution is 6.29. The maximum Gasteiger partial charge on any atom is 0.312 e. The summed E-state index contributed by atoms with van der Waals surface area (Å²) in [5.41, 5.74) is 2.57. The molecule has 2 aromatic carbocycles. The number of aliphatic hydroxyl groups is 2. The largest absolute Gasteiger partial charge is 0.507 e. The Morgan fingerprint density at radius 2 is 1.65 bits per heavy atom. The summed E-state index contributed by atoms with van der Waals surface area (Å²) in [4.78, 5) is 40.8. The number of pyridine rings is 1. The second-order valence-corrected chi connectivity index (χ2v) is 15.8. The lowest BCUT2D eigenvalue weighted by Gasteiger charge is -2.38. The van der Waals surface area contributed by atoms with Gasteiger partial charge in [0.2, 0.25) is 0 Å². The number of nitrogens with one attached hydrogen (secondary N) is 1. The Balaban J connectivity index is 1.58. The van der Waals surface area contributed by atoms with Gasteiger partial charge < -0.3 is 49.1 Å². The van der Waals surface area contributed by atoms with Crippen molar-refractivity contribution in [2.24, 2.45) is 23.7 Å². The number of amides is 1. The van der Waals surface area contributed by atoms with Crippen LogP contribution in [-0.2, 0) is 23.8 Å². The molecule has 2 aromatic heterocycles. The summed E-state index contributed by atoms with van der Waals surface area (Å²) in [5.74, 6) is -6.71. The highest BCUT2D eigenvalue weighted by Gasteiger charge is 2.49. The molecule has 6 rings (SSSR count). The normalized spacial score (nSPS) is 30.3. The number of fused-ring (bicyclic) bond motifs is 2. The fourth-order valence-electron chi connectivity index (χ4n) is 8.24. The number of phenolic OH excluding ortho intramolecular Hbond substituents is 2. The van der Waals surface area contributed by atoms with Crippen LogP contribution in [0.2, 0.25) is 0 Å². The Morgan fingerprint density at radius 3 is 2.32 bits per heavy atom. The quantitative estimate of drug-likeness (QED) is 0.107. The van der Waals surface area contributed by atoms with E-state index in [4.69, 9.17) is 18.9 Å². The molecule has 0 fully saturated rings. The predicted molar refractivity (Wildman–Crippen MR) is 215 cm³/mol. The number of Topliss-reactive ketones (excluding diaryl/α,β-unsaturated/α-hetero) is 1. The highest BCUT2D eigenvalue weighted by atomic mass is 16.7. The Kier molecular flexibility index (Phi) is 11.2. The monoisotopic (exact) mass is 784 g/mol. The number of allylic oxidation sites excluding steroid dienone is 2. The van der Waals surface area contributed by atoms with Crippen LogP contribution >= 0.6 is 0 Å². The number of rotatable bonds is 2. The van der Waals surface area contributed by atoms with Crippen molar-refractivity contribution in [3.63, 3.8) is 0 Å². The molecule has 57 heavy (non-hydrogen) atoms. The topological polar surface area (TPSA) is 185 Å². The van der Waals surface area contributed by atoms with Gasteiger partial charge in [0, 0.05) is 78.3 Å². The molecular formula is C44H52N2O11. The molecule has 2 aliphatic rings. The number of methoxy groups -OCH3 is 1. The van der Waals surface area contributed by atoms with Gasteiger partial charge in [-0.15, -0.1) is 0 Å². The second kappa shape index (κ2) is 15.5. The number of carbonyl (C=O) groups excluding carboxylic acids is 3. The van der Waals surface area contributed by atoms with E-state index in [0.717, 1.165) is 5.56 Å². The average Bonchev–Trinajstić information content (AvgIpc) is 3.67. The van der Waals surface area contributed by atoms with Gasteiger partial charge in [-0.05, 0) is 50.6 Å². The molecule has 2 aliphatic heterocycles. The molecule has 0 radical (unpaired) electrons. The number of aliphatic hydroxyl groups excluding tert-OH is 2. The van der Waals surface area contributed by atoms with Gasteiger partial charge in [0.25, 0.3) is 11.7 Å². The van der Waals surface area contributed by atoms with Gasteiger partial charge in [0.15, 0.2) is 5.75 Å². The van der Waals surface area contributed by atoms with Crippen molar-refractivity contribution in [1.82, 2.24) is 4.40 Å². The van der Waals surface area contributed by atoms with Gasteiger partial charge in [-0.25, -0.2) is 0 Å². The fraction of sp³-hybridized carbons (Fsp3) is 0.432. The van der Waals surface area contributed by atoms with Crippen molar-refractivity contribution >= 4 is 50.5 Å². The zero-order valence-electron chi connectivity index (χ0n) is 33.9. The second-order valence-electron chi connectivity index (χ2n) is 15.8. The van der Waals surface area contributed by atoms with Crippen LogP contribution in [0, 0.1) is 37.5 Å². The number of hydrogen-bond donors (Lipinski definition) is 5. The van der Waals surface area contributed by atoms with E-state index in [-0.39, 0.29) is 44.7 Å². The van der Waals surface area contributed by atoms with Crippen LogP contribution in [0.5, 0.6) is 17.2 Å². The smallest absolute Gasteiger partial charge is 0.312 e. The van der Waals surface area contributed by atoms with Crippen molar-refractivity contribution in [3.05, 3.63) is 77.2 Å². The number of phenols is 2. The van der Waals surface area contributed by atoms with E-state index >= 15 is 0 Å². The van der Waals surface area contributed by atoms with Crippen LogP contribution in [0.25, 0.3) is 27.2 Å². The maximum absolute atomic E-state index is 14.6. The number of benzene rings is 2. The zero-order valence-corrected chi connectivity index (χ0v) is 33.9. The molecule has 13 heteroatoms. The van der Waals surface area contributed by atoms with Gasteiger partial charge in [-0.3, -0.25) is 14.4 Å². The molecule has 9 atom stereocenters. The summed E-state index contributed by atoms with van der Waals surface area (Å²) in [7, 11) is 1.47. The third-order valence-corrected chi connectivity index (χ3v) is 11.7. The predicted octanol–water partition coefficient (Wildman–Crippen LogP) is 6.76. The van der Waals surface area contributed by atoms with Crippen molar-refractivity contribution < 1.29 is 53.8 Å². The van der Waals surface area contributed by atoms with Crippen LogP contribution in [0.1, 0.15) is 70.0 Å². The van der Waals surface area contributed by atoms with Gasteiger partial charge in [0.05, 0.1) is 41.0 Å². The summed E-state index contributed by atoms with van der Waals surface area (Å²) >= 11 is 0. The summed E-state index contributed by atoms with van der Waals surface area (Å²) in [6, 6.07) is 5.61. The standard InChI is InChI=1S/C44H52N2O11/c1-20-14-16-46-28(18-20)19-29-31-32-38(50)26(7)41-33(31)42(52)44(9,57-41)55-17-15-30(54-10)23(4)40(56-27(8)47)25(6)37(49)24(5)36(48)21(2)12-11-13-22(3)43(53)45-34(35(29)46)39(32)51/h11-19,21,23-25,30,36-37,40,48-51H,1-10H3,(H,45,53)/b12-11?,17-15+,22-13-/t21-,23-,24+,25+,30?,36-,37+,40?,44-/m0/s1. The molecule has 2 unspecified atom stereocenters. The van der Waals surface area contributed by atoms with Gasteiger partial charge in [-0.1, -0.05) is 45.9 Å². The number of nitrogens with zero attached hydrogens (tertiary/aromatic N) is 1. The highest BCUT2D eigenvalue weighted by Crippen LogP contribution is 2.54. The number of aromatic hydroxyl groups is 2. The van der Waals surface area contributed by atoms with E-state index in [9.17, 15) is 34.8 Å². The van der Waals surface area contributed by atoms with E-state index in [1.807, 2.05) is 25.1 Å². The minimum Gasteiger partial charge on any atom is -0.507 e. The van der Waals surface area contributed by atoms with Crippen LogP contribution in [-0.4, -0.2) is 79.8 Å². The van der Waals surface area contributed by atoms with E-state index in [0.29, 0.717) is 16.4 Å².